The van der Waals surface area contributed by atoms with Crippen LogP contribution in [0.3, 0.4) is 0 Å². The maximum absolute atomic E-state index is 12.5. The number of hydrogen-bond acceptors (Lipinski definition) is 5. The van der Waals surface area contributed by atoms with E-state index >= 15 is 0 Å². The summed E-state index contributed by atoms with van der Waals surface area (Å²) in [5.41, 5.74) is 3.10. The SMILES string of the molecule is O=c1cnc2cnc(Nc3ccc(-n4cccc4)cc3)nc2n1C1CCCC1. The Kier molecular flexibility index (Phi) is 4.12. The van der Waals surface area contributed by atoms with Crippen molar-refractivity contribution in [2.45, 2.75) is 31.7 Å². The first-order valence-corrected chi connectivity index (χ1v) is 9.53. The second kappa shape index (κ2) is 6.92. The third-order valence-electron chi connectivity index (χ3n) is 5.25. The molecule has 4 aromatic rings. The summed E-state index contributed by atoms with van der Waals surface area (Å²) in [6.07, 6.45) is 11.4. The van der Waals surface area contributed by atoms with E-state index < -0.39 is 0 Å². The van der Waals surface area contributed by atoms with Gasteiger partial charge in [0.2, 0.25) is 5.95 Å². The third kappa shape index (κ3) is 3.05. The summed E-state index contributed by atoms with van der Waals surface area (Å²) in [5.74, 6) is 0.459. The molecule has 5 rings (SSSR count). The highest BCUT2D eigenvalue weighted by Crippen LogP contribution is 2.30. The number of fused-ring (bicyclic) bond motifs is 1. The number of aromatic nitrogens is 5. The van der Waals surface area contributed by atoms with Gasteiger partial charge in [0.05, 0.1) is 12.4 Å². The molecule has 0 radical (unpaired) electrons. The molecule has 1 saturated carbocycles. The van der Waals surface area contributed by atoms with Crippen molar-refractivity contribution in [3.8, 4) is 5.69 Å². The van der Waals surface area contributed by atoms with Gasteiger partial charge in [-0.15, -0.1) is 0 Å². The monoisotopic (exact) mass is 372 g/mol. The second-order valence-corrected chi connectivity index (χ2v) is 7.07. The molecule has 1 N–H and O–H groups in total. The van der Waals surface area contributed by atoms with Gasteiger partial charge in [0, 0.05) is 29.8 Å². The average molecular weight is 372 g/mol. The fourth-order valence-electron chi connectivity index (χ4n) is 3.85. The molecule has 1 fully saturated rings. The van der Waals surface area contributed by atoms with Crippen LogP contribution in [0.2, 0.25) is 0 Å². The molecule has 1 aromatic carbocycles. The molecule has 1 aliphatic carbocycles. The normalized spacial score (nSPS) is 14.6. The number of benzene rings is 1. The van der Waals surface area contributed by atoms with Gasteiger partial charge in [-0.3, -0.25) is 9.36 Å². The van der Waals surface area contributed by atoms with Crippen LogP contribution in [-0.4, -0.2) is 24.1 Å². The van der Waals surface area contributed by atoms with Crippen molar-refractivity contribution in [1.82, 2.24) is 24.1 Å². The molecular formula is C21H20N6O. The van der Waals surface area contributed by atoms with Gasteiger partial charge in [0.1, 0.15) is 5.52 Å². The molecule has 3 heterocycles. The zero-order valence-electron chi connectivity index (χ0n) is 15.3. The van der Waals surface area contributed by atoms with E-state index in [2.05, 4.69) is 20.3 Å². The van der Waals surface area contributed by atoms with Crippen LogP contribution in [0.1, 0.15) is 31.7 Å². The molecule has 0 amide bonds. The van der Waals surface area contributed by atoms with Gasteiger partial charge in [-0.2, -0.15) is 4.98 Å². The first-order valence-electron chi connectivity index (χ1n) is 9.53. The summed E-state index contributed by atoms with van der Waals surface area (Å²) in [4.78, 5) is 25.7. The zero-order valence-corrected chi connectivity index (χ0v) is 15.3. The standard InChI is InChI=1S/C21H20N6O/c28-19-14-22-18-13-23-21(25-20(18)27(19)17-5-1-2-6-17)24-15-7-9-16(10-8-15)26-11-3-4-12-26/h3-4,7-14,17H,1-2,5-6H2,(H,23,24,25). The van der Waals surface area contributed by atoms with Crippen molar-refractivity contribution in [3.05, 3.63) is 71.5 Å². The highest BCUT2D eigenvalue weighted by atomic mass is 16.1. The van der Waals surface area contributed by atoms with E-state index in [1.165, 1.54) is 6.20 Å². The maximum atomic E-state index is 12.5. The summed E-state index contributed by atoms with van der Waals surface area (Å²) in [7, 11) is 0. The van der Waals surface area contributed by atoms with Crippen LogP contribution in [-0.2, 0) is 0 Å². The fraction of sp³-hybridized carbons (Fsp3) is 0.238. The van der Waals surface area contributed by atoms with Crippen LogP contribution in [0.4, 0.5) is 11.6 Å². The molecule has 0 unspecified atom stereocenters. The van der Waals surface area contributed by atoms with E-state index in [-0.39, 0.29) is 11.6 Å². The summed E-state index contributed by atoms with van der Waals surface area (Å²) in [5, 5.41) is 3.23. The minimum atomic E-state index is -0.0971. The van der Waals surface area contributed by atoms with Crippen LogP contribution in [0.25, 0.3) is 16.9 Å². The molecule has 0 aliphatic heterocycles. The number of rotatable bonds is 4. The topological polar surface area (TPSA) is 77.6 Å². The smallest absolute Gasteiger partial charge is 0.270 e. The van der Waals surface area contributed by atoms with Gasteiger partial charge >= 0.3 is 0 Å². The molecule has 1 aliphatic rings. The van der Waals surface area contributed by atoms with Gasteiger partial charge < -0.3 is 9.88 Å². The molecular weight excluding hydrogens is 352 g/mol. The molecule has 7 heteroatoms. The van der Waals surface area contributed by atoms with Crippen molar-refractivity contribution in [2.75, 3.05) is 5.32 Å². The van der Waals surface area contributed by atoms with Crippen LogP contribution in [0.5, 0.6) is 0 Å². The summed E-state index contributed by atoms with van der Waals surface area (Å²) < 4.78 is 3.83. The Hall–Kier alpha value is -3.48. The number of nitrogens with one attached hydrogen (secondary N) is 1. The zero-order chi connectivity index (χ0) is 18.9. The molecule has 140 valence electrons. The van der Waals surface area contributed by atoms with E-state index in [0.29, 0.717) is 17.1 Å². The third-order valence-corrected chi connectivity index (χ3v) is 5.25. The van der Waals surface area contributed by atoms with E-state index in [4.69, 9.17) is 0 Å². The predicted octanol–water partition coefficient (Wildman–Crippen LogP) is 3.84. The lowest BCUT2D eigenvalue weighted by Crippen LogP contribution is -2.24. The van der Waals surface area contributed by atoms with Gasteiger partial charge in [-0.05, 0) is 49.2 Å². The number of hydrogen-bond donors (Lipinski definition) is 1. The Morgan fingerprint density at radius 3 is 2.46 bits per heavy atom. The first kappa shape index (κ1) is 16.7. The molecule has 0 atom stereocenters. The highest BCUT2D eigenvalue weighted by molar-refractivity contribution is 5.71. The van der Waals surface area contributed by atoms with Gasteiger partial charge in [-0.1, -0.05) is 12.8 Å². The van der Waals surface area contributed by atoms with E-state index in [0.717, 1.165) is 37.1 Å². The Morgan fingerprint density at radius 1 is 0.964 bits per heavy atom. The van der Waals surface area contributed by atoms with Crippen molar-refractivity contribution in [2.24, 2.45) is 0 Å². The summed E-state index contributed by atoms with van der Waals surface area (Å²) in [6, 6.07) is 12.2. The van der Waals surface area contributed by atoms with Crippen molar-refractivity contribution >= 4 is 22.8 Å². The maximum Gasteiger partial charge on any atom is 0.270 e. The molecule has 28 heavy (non-hydrogen) atoms. The Balaban J connectivity index is 1.48. The largest absolute Gasteiger partial charge is 0.324 e. The summed E-state index contributed by atoms with van der Waals surface area (Å²) >= 11 is 0. The van der Waals surface area contributed by atoms with Gasteiger partial charge in [-0.25, -0.2) is 9.97 Å². The van der Waals surface area contributed by atoms with E-state index in [9.17, 15) is 4.79 Å². The Bertz CT molecular complexity index is 1160. The first-order chi connectivity index (χ1) is 13.8. The Labute approximate surface area is 161 Å². The predicted molar refractivity (Wildman–Crippen MR) is 108 cm³/mol. The minimum Gasteiger partial charge on any atom is -0.324 e. The molecule has 0 spiro atoms. The van der Waals surface area contributed by atoms with Crippen molar-refractivity contribution in [1.29, 1.82) is 0 Å². The highest BCUT2D eigenvalue weighted by Gasteiger charge is 2.21. The number of anilines is 2. The van der Waals surface area contributed by atoms with Crippen LogP contribution >= 0.6 is 0 Å². The number of nitrogens with zero attached hydrogens (tertiary/aromatic N) is 5. The molecule has 3 aromatic heterocycles. The van der Waals surface area contributed by atoms with E-state index in [1.807, 2.05) is 53.4 Å². The Morgan fingerprint density at radius 2 is 1.71 bits per heavy atom. The fourth-order valence-corrected chi connectivity index (χ4v) is 3.85. The van der Waals surface area contributed by atoms with Crippen LogP contribution in [0, 0.1) is 0 Å². The van der Waals surface area contributed by atoms with Crippen LogP contribution < -0.4 is 10.9 Å². The second-order valence-electron chi connectivity index (χ2n) is 7.07. The average Bonchev–Trinajstić information content (AvgIpc) is 3.43. The van der Waals surface area contributed by atoms with Gasteiger partial charge in [0.15, 0.2) is 5.65 Å². The van der Waals surface area contributed by atoms with Crippen molar-refractivity contribution in [3.63, 3.8) is 0 Å². The van der Waals surface area contributed by atoms with Crippen molar-refractivity contribution < 1.29 is 0 Å². The lowest BCUT2D eigenvalue weighted by molar-refractivity contribution is 0.514. The van der Waals surface area contributed by atoms with E-state index in [1.54, 1.807) is 10.8 Å². The lowest BCUT2D eigenvalue weighted by atomic mass is 10.2. The molecule has 0 saturated heterocycles. The summed E-state index contributed by atoms with van der Waals surface area (Å²) in [6.45, 7) is 0. The molecule has 7 nitrogen and oxygen atoms in total. The van der Waals surface area contributed by atoms with Crippen LogP contribution in [0.15, 0.2) is 66.0 Å². The minimum absolute atomic E-state index is 0.0971. The quantitative estimate of drug-likeness (QED) is 0.589. The van der Waals surface area contributed by atoms with Gasteiger partial charge in [0.25, 0.3) is 5.56 Å². The molecule has 0 bridgehead atoms. The lowest BCUT2D eigenvalue weighted by Gasteiger charge is -2.15.